The number of hydrogen-bond donors (Lipinski definition) is 1. The summed E-state index contributed by atoms with van der Waals surface area (Å²) in [6.45, 7) is 13.9. The van der Waals surface area contributed by atoms with Gasteiger partial charge in [-0.2, -0.15) is 0 Å². The van der Waals surface area contributed by atoms with Crippen LogP contribution in [0.15, 0.2) is 66.7 Å². The summed E-state index contributed by atoms with van der Waals surface area (Å²) in [6, 6.07) is 18.8. The SMILES string of the molecule is CCN(C(=O)C(NC(=O)c1ccc(C(C)(C)C)cc1)C(C)C)[C@@H]1C(=O)CN(C(=O)c2ccc(-c3ccccc3)s2)[C@@H]1C. The Morgan fingerprint density at radius 3 is 2.21 bits per heavy atom. The Labute approximate surface area is 252 Å². The summed E-state index contributed by atoms with van der Waals surface area (Å²) in [5.41, 5.74) is 2.57. The summed E-state index contributed by atoms with van der Waals surface area (Å²) in [4.78, 5) is 58.6. The van der Waals surface area contributed by atoms with Crippen molar-refractivity contribution in [2.75, 3.05) is 13.1 Å². The number of rotatable bonds is 8. The van der Waals surface area contributed by atoms with Gasteiger partial charge in [0.05, 0.1) is 17.5 Å². The fourth-order valence-electron chi connectivity index (χ4n) is 5.42. The molecule has 3 aromatic rings. The number of nitrogens with one attached hydrogen (secondary N) is 1. The van der Waals surface area contributed by atoms with Gasteiger partial charge >= 0.3 is 0 Å². The number of hydrogen-bond acceptors (Lipinski definition) is 5. The molecule has 1 saturated heterocycles. The van der Waals surface area contributed by atoms with Crippen LogP contribution in [0.25, 0.3) is 10.4 Å². The predicted octanol–water partition coefficient (Wildman–Crippen LogP) is 5.80. The average molecular weight is 588 g/mol. The zero-order chi connectivity index (χ0) is 30.8. The van der Waals surface area contributed by atoms with Gasteiger partial charge in [0, 0.05) is 17.0 Å². The molecule has 1 aliphatic rings. The molecular formula is C34H41N3O4S. The second-order valence-electron chi connectivity index (χ2n) is 12.3. The first kappa shape index (κ1) is 31.2. The van der Waals surface area contributed by atoms with Crippen molar-refractivity contribution in [2.45, 2.75) is 72.0 Å². The lowest BCUT2D eigenvalue weighted by molar-refractivity contribution is -0.140. The van der Waals surface area contributed by atoms with E-state index in [0.29, 0.717) is 10.4 Å². The Kier molecular flexibility index (Phi) is 9.36. The summed E-state index contributed by atoms with van der Waals surface area (Å²) in [7, 11) is 0. The monoisotopic (exact) mass is 587 g/mol. The molecule has 1 fully saturated rings. The first-order valence-electron chi connectivity index (χ1n) is 14.5. The van der Waals surface area contributed by atoms with Gasteiger partial charge < -0.3 is 15.1 Å². The topological polar surface area (TPSA) is 86.8 Å². The fourth-order valence-corrected chi connectivity index (χ4v) is 6.38. The van der Waals surface area contributed by atoms with Crippen LogP contribution < -0.4 is 5.32 Å². The highest BCUT2D eigenvalue weighted by Gasteiger charge is 2.46. The van der Waals surface area contributed by atoms with Gasteiger partial charge in [-0.1, -0.05) is 77.1 Å². The minimum Gasteiger partial charge on any atom is -0.340 e. The Balaban J connectivity index is 1.50. The molecular weight excluding hydrogens is 546 g/mol. The second-order valence-corrected chi connectivity index (χ2v) is 13.3. The van der Waals surface area contributed by atoms with Crippen molar-refractivity contribution in [3.63, 3.8) is 0 Å². The third-order valence-electron chi connectivity index (χ3n) is 7.93. The summed E-state index contributed by atoms with van der Waals surface area (Å²) in [5, 5.41) is 2.92. The van der Waals surface area contributed by atoms with Crippen molar-refractivity contribution in [1.82, 2.24) is 15.1 Å². The summed E-state index contributed by atoms with van der Waals surface area (Å²) in [6.07, 6.45) is 0. The number of carbonyl (C=O) groups is 4. The largest absolute Gasteiger partial charge is 0.340 e. The van der Waals surface area contributed by atoms with Crippen LogP contribution in [-0.2, 0) is 15.0 Å². The molecule has 0 spiro atoms. The minimum atomic E-state index is -0.824. The van der Waals surface area contributed by atoms with E-state index in [0.717, 1.165) is 16.0 Å². The number of likely N-dealkylation sites (tertiary alicyclic amines) is 1. The maximum absolute atomic E-state index is 13.9. The van der Waals surface area contributed by atoms with E-state index in [-0.39, 0.29) is 47.9 Å². The molecule has 4 rings (SSSR count). The van der Waals surface area contributed by atoms with Crippen molar-refractivity contribution >= 4 is 34.8 Å². The highest BCUT2D eigenvalue weighted by Crippen LogP contribution is 2.31. The molecule has 2 aromatic carbocycles. The second kappa shape index (κ2) is 12.6. The first-order chi connectivity index (χ1) is 19.8. The molecule has 1 aromatic heterocycles. The van der Waals surface area contributed by atoms with E-state index in [1.165, 1.54) is 16.2 Å². The number of likely N-dealkylation sites (N-methyl/N-ethyl adjacent to an activating group) is 1. The number of amides is 3. The van der Waals surface area contributed by atoms with E-state index < -0.39 is 18.1 Å². The van der Waals surface area contributed by atoms with Crippen LogP contribution in [0.4, 0.5) is 0 Å². The maximum atomic E-state index is 13.9. The standard InChI is InChI=1S/C34H41N3O4S/c1-8-36(33(41)29(21(2)3)35-31(39)24-14-16-25(17-15-24)34(5,6)7)30-22(4)37(20-26(30)38)32(40)28-19-18-27(42-28)23-12-10-9-11-13-23/h9-19,21-22,29-30H,8,20H2,1-7H3,(H,35,39)/t22-,29?,30+/m1/s1. The van der Waals surface area contributed by atoms with Crippen LogP contribution in [0.5, 0.6) is 0 Å². The number of benzene rings is 2. The quantitative estimate of drug-likeness (QED) is 0.361. The fraction of sp³-hybridized carbons (Fsp3) is 0.412. The van der Waals surface area contributed by atoms with Gasteiger partial charge in [0.25, 0.3) is 11.8 Å². The van der Waals surface area contributed by atoms with E-state index in [4.69, 9.17) is 0 Å². The van der Waals surface area contributed by atoms with E-state index in [9.17, 15) is 19.2 Å². The van der Waals surface area contributed by atoms with E-state index >= 15 is 0 Å². The van der Waals surface area contributed by atoms with Crippen molar-refractivity contribution in [2.24, 2.45) is 5.92 Å². The Bertz CT molecular complexity index is 1440. The van der Waals surface area contributed by atoms with Gasteiger partial charge in [-0.05, 0) is 60.6 Å². The van der Waals surface area contributed by atoms with Crippen molar-refractivity contribution in [3.05, 3.63) is 82.7 Å². The molecule has 0 saturated carbocycles. The molecule has 42 heavy (non-hydrogen) atoms. The van der Waals surface area contributed by atoms with Gasteiger partial charge in [-0.15, -0.1) is 11.3 Å². The van der Waals surface area contributed by atoms with Crippen molar-refractivity contribution in [3.8, 4) is 10.4 Å². The highest BCUT2D eigenvalue weighted by atomic mass is 32.1. The molecule has 222 valence electrons. The predicted molar refractivity (Wildman–Crippen MR) is 168 cm³/mol. The van der Waals surface area contributed by atoms with Crippen LogP contribution >= 0.6 is 11.3 Å². The molecule has 8 heteroatoms. The molecule has 2 heterocycles. The number of thiophene rings is 1. The smallest absolute Gasteiger partial charge is 0.264 e. The molecule has 7 nitrogen and oxygen atoms in total. The molecule has 1 aliphatic heterocycles. The minimum absolute atomic E-state index is 0.0411. The summed E-state index contributed by atoms with van der Waals surface area (Å²) in [5.74, 6) is -1.28. The highest BCUT2D eigenvalue weighted by molar-refractivity contribution is 7.17. The Morgan fingerprint density at radius 1 is 1.00 bits per heavy atom. The van der Waals surface area contributed by atoms with E-state index in [2.05, 4.69) is 26.1 Å². The number of carbonyl (C=O) groups excluding carboxylic acids is 4. The molecule has 0 bridgehead atoms. The van der Waals surface area contributed by atoms with Crippen molar-refractivity contribution < 1.29 is 19.2 Å². The molecule has 1 unspecified atom stereocenters. The summed E-state index contributed by atoms with van der Waals surface area (Å²) < 4.78 is 0. The Hall–Kier alpha value is -3.78. The molecule has 0 radical (unpaired) electrons. The first-order valence-corrected chi connectivity index (χ1v) is 15.4. The van der Waals surface area contributed by atoms with Crippen molar-refractivity contribution in [1.29, 1.82) is 0 Å². The zero-order valence-electron chi connectivity index (χ0n) is 25.5. The summed E-state index contributed by atoms with van der Waals surface area (Å²) >= 11 is 1.39. The molecule has 3 amide bonds. The van der Waals surface area contributed by atoms with Crippen LogP contribution in [0, 0.1) is 5.92 Å². The Morgan fingerprint density at radius 2 is 1.64 bits per heavy atom. The van der Waals surface area contributed by atoms with Gasteiger partial charge in [-0.3, -0.25) is 19.2 Å². The number of nitrogens with zero attached hydrogens (tertiary/aromatic N) is 2. The lowest BCUT2D eigenvalue weighted by Crippen LogP contribution is -2.57. The van der Waals surface area contributed by atoms with E-state index in [1.54, 1.807) is 23.1 Å². The number of ketones is 1. The average Bonchev–Trinajstić information content (AvgIpc) is 3.57. The molecule has 0 aliphatic carbocycles. The normalized spacial score (nSPS) is 17.8. The van der Waals surface area contributed by atoms with Crippen LogP contribution in [0.1, 0.15) is 74.1 Å². The maximum Gasteiger partial charge on any atom is 0.264 e. The van der Waals surface area contributed by atoms with Crippen LogP contribution in [0.2, 0.25) is 0 Å². The van der Waals surface area contributed by atoms with Crippen LogP contribution in [0.3, 0.4) is 0 Å². The molecule has 1 N–H and O–H groups in total. The lowest BCUT2D eigenvalue weighted by atomic mass is 9.86. The van der Waals surface area contributed by atoms with Gasteiger partial charge in [0.2, 0.25) is 5.91 Å². The van der Waals surface area contributed by atoms with Crippen LogP contribution in [-0.4, -0.2) is 64.5 Å². The van der Waals surface area contributed by atoms with Gasteiger partial charge in [0.1, 0.15) is 12.1 Å². The third kappa shape index (κ3) is 6.49. The van der Waals surface area contributed by atoms with Gasteiger partial charge in [0.15, 0.2) is 5.78 Å². The number of Topliss-reactive ketones (excluding diaryl/α,β-unsaturated/α-hetero) is 1. The van der Waals surface area contributed by atoms with Gasteiger partial charge in [-0.25, -0.2) is 0 Å². The van der Waals surface area contributed by atoms with E-state index in [1.807, 2.05) is 76.2 Å². The zero-order valence-corrected chi connectivity index (χ0v) is 26.3. The third-order valence-corrected chi connectivity index (χ3v) is 9.05. The molecule has 3 atom stereocenters. The lowest BCUT2D eigenvalue weighted by Gasteiger charge is -2.35.